The second-order valence-corrected chi connectivity index (χ2v) is 5.83. The van der Waals surface area contributed by atoms with Crippen LogP contribution in [0.4, 0.5) is 0 Å². The first-order valence-electron chi connectivity index (χ1n) is 5.50. The van der Waals surface area contributed by atoms with Crippen LogP contribution in [-0.4, -0.2) is 33.8 Å². The summed E-state index contributed by atoms with van der Waals surface area (Å²) in [5, 5.41) is 9.77. The van der Waals surface area contributed by atoms with Crippen LogP contribution in [-0.2, 0) is 0 Å². The first-order valence-corrected chi connectivity index (χ1v) is 6.79. The monoisotopic (exact) mass is 317 g/mol. The molecule has 1 amide bonds. The van der Waals surface area contributed by atoms with E-state index in [2.05, 4.69) is 15.9 Å². The summed E-state index contributed by atoms with van der Waals surface area (Å²) in [6.45, 7) is 1.45. The molecule has 0 atom stereocenters. The molecule has 1 fully saturated rings. The fourth-order valence-corrected chi connectivity index (χ4v) is 2.51. The first-order chi connectivity index (χ1) is 8.08. The second-order valence-electron chi connectivity index (χ2n) is 4.13. The summed E-state index contributed by atoms with van der Waals surface area (Å²) in [5.41, 5.74) is 0.375. The molecule has 5 heteroatoms. The van der Waals surface area contributed by atoms with Crippen LogP contribution in [0.3, 0.4) is 0 Å². The molecular formula is C12H13BrClNO2. The van der Waals surface area contributed by atoms with Crippen molar-refractivity contribution < 1.29 is 9.90 Å². The molecule has 1 aromatic carbocycles. The highest BCUT2D eigenvalue weighted by molar-refractivity contribution is 9.09. The zero-order valence-electron chi connectivity index (χ0n) is 9.20. The Balaban J connectivity index is 2.16. The van der Waals surface area contributed by atoms with Gasteiger partial charge in [-0.2, -0.15) is 0 Å². The van der Waals surface area contributed by atoms with Crippen molar-refractivity contribution in [2.45, 2.75) is 17.7 Å². The number of likely N-dealkylation sites (tertiary alicyclic amines) is 1. The lowest BCUT2D eigenvalue weighted by Crippen LogP contribution is -2.38. The third-order valence-electron chi connectivity index (χ3n) is 2.89. The van der Waals surface area contributed by atoms with Gasteiger partial charge in [0.05, 0.1) is 10.6 Å². The number of alkyl halides is 1. The van der Waals surface area contributed by atoms with Gasteiger partial charge < -0.3 is 10.0 Å². The van der Waals surface area contributed by atoms with E-state index >= 15 is 0 Å². The van der Waals surface area contributed by atoms with E-state index in [-0.39, 0.29) is 11.7 Å². The van der Waals surface area contributed by atoms with Crippen LogP contribution in [0.5, 0.6) is 5.75 Å². The van der Waals surface area contributed by atoms with Crippen LogP contribution in [0.15, 0.2) is 18.2 Å². The lowest BCUT2D eigenvalue weighted by atomic mass is 10.1. The fourth-order valence-electron chi connectivity index (χ4n) is 1.90. The molecule has 1 aliphatic heterocycles. The minimum Gasteiger partial charge on any atom is -0.508 e. The summed E-state index contributed by atoms with van der Waals surface area (Å²) in [7, 11) is 0. The summed E-state index contributed by atoms with van der Waals surface area (Å²) in [5.74, 6) is -0.0431. The first kappa shape index (κ1) is 12.7. The topological polar surface area (TPSA) is 40.5 Å². The third kappa shape index (κ3) is 2.93. The van der Waals surface area contributed by atoms with Crippen molar-refractivity contribution in [3.05, 3.63) is 28.8 Å². The molecule has 92 valence electrons. The van der Waals surface area contributed by atoms with Gasteiger partial charge in [-0.05, 0) is 31.0 Å². The van der Waals surface area contributed by atoms with Crippen molar-refractivity contribution in [1.82, 2.24) is 4.90 Å². The molecule has 0 radical (unpaired) electrons. The molecular weight excluding hydrogens is 305 g/mol. The van der Waals surface area contributed by atoms with Gasteiger partial charge >= 0.3 is 0 Å². The highest BCUT2D eigenvalue weighted by Gasteiger charge is 2.23. The molecule has 1 N–H and O–H groups in total. The minimum absolute atomic E-state index is 0.0631. The minimum atomic E-state index is -0.106. The van der Waals surface area contributed by atoms with E-state index in [0.29, 0.717) is 15.4 Å². The van der Waals surface area contributed by atoms with Crippen molar-refractivity contribution in [2.24, 2.45) is 0 Å². The number of carbonyl (C=O) groups is 1. The number of hydrogen-bond donors (Lipinski definition) is 1. The summed E-state index contributed by atoms with van der Waals surface area (Å²) < 4.78 is 0. The number of piperidine rings is 1. The van der Waals surface area contributed by atoms with Gasteiger partial charge in [0, 0.05) is 17.9 Å². The predicted octanol–water partition coefficient (Wildman–Crippen LogP) is 3.05. The SMILES string of the molecule is O=C(c1cc(O)ccc1Cl)N1CCC(Br)CC1. The molecule has 0 aromatic heterocycles. The normalized spacial score (nSPS) is 17.2. The van der Waals surface area contributed by atoms with E-state index in [9.17, 15) is 9.90 Å². The molecule has 17 heavy (non-hydrogen) atoms. The lowest BCUT2D eigenvalue weighted by molar-refractivity contribution is 0.0728. The molecule has 3 nitrogen and oxygen atoms in total. The molecule has 1 heterocycles. The van der Waals surface area contributed by atoms with Crippen LogP contribution < -0.4 is 0 Å². The summed E-state index contributed by atoms with van der Waals surface area (Å²) in [4.78, 5) is 14.5. The number of phenolic OH excluding ortho intramolecular Hbond substituents is 1. The van der Waals surface area contributed by atoms with Gasteiger partial charge in [0.25, 0.3) is 5.91 Å². The highest BCUT2D eigenvalue weighted by atomic mass is 79.9. The Hall–Kier alpha value is -0.740. The number of phenols is 1. The lowest BCUT2D eigenvalue weighted by Gasteiger charge is -2.29. The Bertz CT molecular complexity index is 431. The Kier molecular flexibility index (Phi) is 3.94. The average molecular weight is 319 g/mol. The number of rotatable bonds is 1. The maximum Gasteiger partial charge on any atom is 0.255 e. The standard InChI is InChI=1S/C12H13BrClNO2/c13-8-3-5-15(6-4-8)12(17)10-7-9(16)1-2-11(10)14/h1-2,7-8,16H,3-6H2. The van der Waals surface area contributed by atoms with Crippen LogP contribution >= 0.6 is 27.5 Å². The highest BCUT2D eigenvalue weighted by Crippen LogP contribution is 2.25. The Labute approximate surface area is 114 Å². The van der Waals surface area contributed by atoms with Crippen LogP contribution in [0.2, 0.25) is 5.02 Å². The van der Waals surface area contributed by atoms with Gasteiger partial charge in [0.15, 0.2) is 0 Å². The Morgan fingerprint density at radius 3 is 2.71 bits per heavy atom. The second kappa shape index (κ2) is 5.27. The molecule has 0 saturated carbocycles. The summed E-state index contributed by atoms with van der Waals surface area (Å²) in [6, 6.07) is 4.44. The number of halogens is 2. The molecule has 2 rings (SSSR count). The summed E-state index contributed by atoms with van der Waals surface area (Å²) in [6.07, 6.45) is 1.89. The quantitative estimate of drug-likeness (QED) is 0.809. The van der Waals surface area contributed by atoms with Gasteiger partial charge in [-0.25, -0.2) is 0 Å². The van der Waals surface area contributed by atoms with Gasteiger partial charge in [0.2, 0.25) is 0 Å². The zero-order valence-corrected chi connectivity index (χ0v) is 11.5. The molecule has 1 saturated heterocycles. The van der Waals surface area contributed by atoms with E-state index < -0.39 is 0 Å². The van der Waals surface area contributed by atoms with E-state index in [1.165, 1.54) is 12.1 Å². The number of amides is 1. The Morgan fingerprint density at radius 2 is 2.06 bits per heavy atom. The van der Waals surface area contributed by atoms with Crippen LogP contribution in [0.1, 0.15) is 23.2 Å². The average Bonchev–Trinajstić information content (AvgIpc) is 2.32. The van der Waals surface area contributed by atoms with Crippen molar-refractivity contribution in [3.8, 4) is 5.75 Å². The van der Waals surface area contributed by atoms with E-state index in [1.807, 2.05) is 0 Å². The zero-order chi connectivity index (χ0) is 12.4. The van der Waals surface area contributed by atoms with Crippen molar-refractivity contribution in [1.29, 1.82) is 0 Å². The largest absolute Gasteiger partial charge is 0.508 e. The molecule has 1 aliphatic rings. The number of carbonyl (C=O) groups excluding carboxylic acids is 1. The van der Waals surface area contributed by atoms with Crippen LogP contribution in [0.25, 0.3) is 0 Å². The fraction of sp³-hybridized carbons (Fsp3) is 0.417. The molecule has 0 unspecified atom stereocenters. The molecule has 0 aliphatic carbocycles. The molecule has 0 spiro atoms. The van der Waals surface area contributed by atoms with E-state index in [4.69, 9.17) is 11.6 Å². The van der Waals surface area contributed by atoms with Crippen molar-refractivity contribution in [3.63, 3.8) is 0 Å². The third-order valence-corrected chi connectivity index (χ3v) is 4.14. The van der Waals surface area contributed by atoms with Gasteiger partial charge in [0.1, 0.15) is 5.75 Å². The number of hydrogen-bond acceptors (Lipinski definition) is 2. The van der Waals surface area contributed by atoms with E-state index in [0.717, 1.165) is 25.9 Å². The van der Waals surface area contributed by atoms with Gasteiger partial charge in [-0.3, -0.25) is 4.79 Å². The number of benzene rings is 1. The van der Waals surface area contributed by atoms with Gasteiger partial charge in [-0.15, -0.1) is 0 Å². The number of aromatic hydroxyl groups is 1. The smallest absolute Gasteiger partial charge is 0.255 e. The van der Waals surface area contributed by atoms with Gasteiger partial charge in [-0.1, -0.05) is 27.5 Å². The molecule has 0 bridgehead atoms. The number of nitrogens with zero attached hydrogens (tertiary/aromatic N) is 1. The van der Waals surface area contributed by atoms with Crippen molar-refractivity contribution >= 4 is 33.4 Å². The van der Waals surface area contributed by atoms with E-state index in [1.54, 1.807) is 11.0 Å². The summed E-state index contributed by atoms with van der Waals surface area (Å²) >= 11 is 9.51. The molecule has 1 aromatic rings. The predicted molar refractivity (Wildman–Crippen MR) is 71.0 cm³/mol. The van der Waals surface area contributed by atoms with Crippen molar-refractivity contribution in [2.75, 3.05) is 13.1 Å². The maximum atomic E-state index is 12.2. The Morgan fingerprint density at radius 1 is 1.41 bits per heavy atom. The maximum absolute atomic E-state index is 12.2. The van der Waals surface area contributed by atoms with Crippen LogP contribution in [0, 0.1) is 0 Å².